The zero-order valence-corrected chi connectivity index (χ0v) is 17.8. The van der Waals surface area contributed by atoms with Crippen LogP contribution in [0.25, 0.3) is 15.9 Å². The molecule has 0 amide bonds. The van der Waals surface area contributed by atoms with Crippen LogP contribution in [0.2, 0.25) is 0 Å². The molecular formula is C25H28OS. The van der Waals surface area contributed by atoms with E-state index in [0.717, 1.165) is 30.6 Å². The first-order valence-electron chi connectivity index (χ1n) is 10.0. The third-order valence-corrected chi connectivity index (χ3v) is 7.45. The van der Waals surface area contributed by atoms with Gasteiger partial charge in [-0.3, -0.25) is 0 Å². The van der Waals surface area contributed by atoms with E-state index in [2.05, 4.69) is 71.0 Å². The van der Waals surface area contributed by atoms with Crippen LogP contribution < -0.4 is 0 Å². The third kappa shape index (κ3) is 3.25. The average Bonchev–Trinajstić information content (AvgIpc) is 3.12. The summed E-state index contributed by atoms with van der Waals surface area (Å²) in [6.45, 7) is 11.2. The van der Waals surface area contributed by atoms with Crippen LogP contribution in [0.15, 0.2) is 51.3 Å². The molecule has 4 rings (SSSR count). The lowest BCUT2D eigenvalue weighted by molar-refractivity contribution is 0.601. The van der Waals surface area contributed by atoms with Gasteiger partial charge in [-0.1, -0.05) is 50.7 Å². The highest BCUT2D eigenvalue weighted by Crippen LogP contribution is 2.48. The maximum atomic E-state index is 6.31. The van der Waals surface area contributed by atoms with Gasteiger partial charge in [0, 0.05) is 10.3 Å². The fraction of sp³-hybridized carbons (Fsp3) is 0.360. The van der Waals surface area contributed by atoms with E-state index in [4.69, 9.17) is 4.42 Å². The van der Waals surface area contributed by atoms with Gasteiger partial charge in [0.15, 0.2) is 0 Å². The molecule has 0 aliphatic carbocycles. The molecule has 0 saturated heterocycles. The van der Waals surface area contributed by atoms with Crippen molar-refractivity contribution in [2.45, 2.75) is 64.7 Å². The van der Waals surface area contributed by atoms with Crippen molar-refractivity contribution in [3.8, 4) is 0 Å². The van der Waals surface area contributed by atoms with E-state index in [1.54, 1.807) is 0 Å². The summed E-state index contributed by atoms with van der Waals surface area (Å²) in [7, 11) is 0. The summed E-state index contributed by atoms with van der Waals surface area (Å²) in [6, 6.07) is 13.4. The predicted octanol–water partition coefficient (Wildman–Crippen LogP) is 8.03. The topological polar surface area (TPSA) is 13.1 Å². The quantitative estimate of drug-likeness (QED) is 0.457. The van der Waals surface area contributed by atoms with Crippen molar-refractivity contribution < 1.29 is 4.42 Å². The van der Waals surface area contributed by atoms with Crippen LogP contribution in [0.3, 0.4) is 0 Å². The Labute approximate surface area is 166 Å². The van der Waals surface area contributed by atoms with E-state index in [1.807, 2.05) is 11.8 Å². The number of allylic oxidation sites excluding steroid dienone is 1. The summed E-state index contributed by atoms with van der Waals surface area (Å²) in [4.78, 5) is 2.74. The van der Waals surface area contributed by atoms with Gasteiger partial charge in [-0.15, -0.1) is 0 Å². The Morgan fingerprint density at radius 3 is 2.56 bits per heavy atom. The Hall–Kier alpha value is -1.93. The highest BCUT2D eigenvalue weighted by molar-refractivity contribution is 8.08. The van der Waals surface area contributed by atoms with Crippen molar-refractivity contribution in [2.75, 3.05) is 0 Å². The fourth-order valence-corrected chi connectivity index (χ4v) is 5.25. The van der Waals surface area contributed by atoms with Crippen molar-refractivity contribution in [1.29, 1.82) is 0 Å². The molecule has 1 nitrogen and oxygen atoms in total. The highest BCUT2D eigenvalue weighted by atomic mass is 32.2. The predicted molar refractivity (Wildman–Crippen MR) is 118 cm³/mol. The molecule has 0 N–H and O–H groups in total. The van der Waals surface area contributed by atoms with E-state index in [9.17, 15) is 0 Å². The van der Waals surface area contributed by atoms with Gasteiger partial charge in [0.05, 0.1) is 4.91 Å². The van der Waals surface area contributed by atoms with Gasteiger partial charge < -0.3 is 4.42 Å². The molecule has 1 unspecified atom stereocenters. The van der Waals surface area contributed by atoms with Crippen molar-refractivity contribution in [1.82, 2.24) is 0 Å². The second-order valence-electron chi connectivity index (χ2n) is 7.79. The molecule has 0 fully saturated rings. The maximum absolute atomic E-state index is 6.31. The van der Waals surface area contributed by atoms with E-state index in [0.29, 0.717) is 5.92 Å². The average molecular weight is 377 g/mol. The van der Waals surface area contributed by atoms with Gasteiger partial charge in [0.1, 0.15) is 11.3 Å². The second-order valence-corrected chi connectivity index (χ2v) is 8.81. The SMILES string of the molecule is CCC1=C(c2cc3cc(C(C)CC)ccc3o2)Sc2c(C)ccc(C)c2C1. The van der Waals surface area contributed by atoms with Crippen LogP contribution in [0.4, 0.5) is 0 Å². The van der Waals surface area contributed by atoms with Crippen LogP contribution >= 0.6 is 11.8 Å². The molecule has 3 aromatic rings. The molecular weight excluding hydrogens is 348 g/mol. The third-order valence-electron chi connectivity index (χ3n) is 5.98. The molecule has 27 heavy (non-hydrogen) atoms. The van der Waals surface area contributed by atoms with Gasteiger partial charge in [0.25, 0.3) is 0 Å². The van der Waals surface area contributed by atoms with Crippen molar-refractivity contribution in [3.63, 3.8) is 0 Å². The number of thioether (sulfide) groups is 1. The monoisotopic (exact) mass is 376 g/mol. The number of rotatable bonds is 4. The summed E-state index contributed by atoms with van der Waals surface area (Å²) < 4.78 is 6.31. The van der Waals surface area contributed by atoms with Gasteiger partial charge in [-0.05, 0) is 85.1 Å². The van der Waals surface area contributed by atoms with Crippen LogP contribution in [-0.4, -0.2) is 0 Å². The Balaban J connectivity index is 1.79. The molecule has 0 saturated carbocycles. The van der Waals surface area contributed by atoms with Gasteiger partial charge in [0.2, 0.25) is 0 Å². The van der Waals surface area contributed by atoms with Gasteiger partial charge in [-0.25, -0.2) is 0 Å². The molecule has 1 atom stereocenters. The number of fused-ring (bicyclic) bond motifs is 2. The molecule has 0 radical (unpaired) electrons. The summed E-state index contributed by atoms with van der Waals surface area (Å²) in [5.41, 5.74) is 8.14. The second kappa shape index (κ2) is 7.24. The largest absolute Gasteiger partial charge is 0.456 e. The Morgan fingerprint density at radius 2 is 1.81 bits per heavy atom. The summed E-state index contributed by atoms with van der Waals surface area (Å²) in [5.74, 6) is 1.61. The Kier molecular flexibility index (Phi) is 4.94. The number of furan rings is 1. The summed E-state index contributed by atoms with van der Waals surface area (Å²) >= 11 is 1.90. The fourth-order valence-electron chi connectivity index (χ4n) is 3.90. The molecule has 2 heteroatoms. The van der Waals surface area contributed by atoms with Crippen molar-refractivity contribution >= 4 is 27.6 Å². The standard InChI is InChI=1S/C25H28OS/c1-6-15(3)19-10-11-22-20(12-19)14-23(26-22)25-18(7-2)13-21-16(4)8-9-17(5)24(21)27-25/h8-12,14-15H,6-7,13H2,1-5H3. The first-order chi connectivity index (χ1) is 13.0. The summed E-state index contributed by atoms with van der Waals surface area (Å²) in [5, 5.41) is 1.22. The van der Waals surface area contributed by atoms with Gasteiger partial charge in [-0.2, -0.15) is 0 Å². The van der Waals surface area contributed by atoms with E-state index < -0.39 is 0 Å². The van der Waals surface area contributed by atoms with E-state index >= 15 is 0 Å². The number of aryl methyl sites for hydroxylation is 2. The van der Waals surface area contributed by atoms with Crippen molar-refractivity contribution in [2.24, 2.45) is 0 Å². The summed E-state index contributed by atoms with van der Waals surface area (Å²) in [6.07, 6.45) is 3.26. The Morgan fingerprint density at radius 1 is 1.04 bits per heavy atom. The van der Waals surface area contributed by atoms with E-state index in [1.165, 1.54) is 43.0 Å². The zero-order valence-electron chi connectivity index (χ0n) is 17.0. The normalized spacial score (nSPS) is 15.3. The van der Waals surface area contributed by atoms with Crippen molar-refractivity contribution in [3.05, 3.63) is 70.0 Å². The van der Waals surface area contributed by atoms with Crippen LogP contribution in [0.1, 0.15) is 67.5 Å². The number of hydrogen-bond donors (Lipinski definition) is 0. The first-order valence-corrected chi connectivity index (χ1v) is 10.9. The lowest BCUT2D eigenvalue weighted by Crippen LogP contribution is -2.04. The molecule has 2 heterocycles. The minimum atomic E-state index is 0.583. The van der Waals surface area contributed by atoms with Crippen LogP contribution in [-0.2, 0) is 6.42 Å². The highest BCUT2D eigenvalue weighted by Gasteiger charge is 2.24. The van der Waals surface area contributed by atoms with Crippen LogP contribution in [0, 0.1) is 13.8 Å². The molecule has 140 valence electrons. The van der Waals surface area contributed by atoms with E-state index in [-0.39, 0.29) is 0 Å². The molecule has 1 aliphatic heterocycles. The van der Waals surface area contributed by atoms with Crippen LogP contribution in [0.5, 0.6) is 0 Å². The minimum absolute atomic E-state index is 0.583. The molecule has 1 aromatic heterocycles. The lowest BCUT2D eigenvalue weighted by Gasteiger charge is -2.24. The molecule has 0 bridgehead atoms. The minimum Gasteiger partial charge on any atom is -0.456 e. The zero-order chi connectivity index (χ0) is 19.1. The maximum Gasteiger partial charge on any atom is 0.142 e. The number of hydrogen-bond acceptors (Lipinski definition) is 2. The van der Waals surface area contributed by atoms with Gasteiger partial charge >= 0.3 is 0 Å². The molecule has 0 spiro atoms. The molecule has 2 aromatic carbocycles. The Bertz CT molecular complexity index is 1040. The smallest absolute Gasteiger partial charge is 0.142 e. The lowest BCUT2D eigenvalue weighted by atomic mass is 9.95. The molecule has 1 aliphatic rings. The first kappa shape index (κ1) is 18.4. The number of benzene rings is 2.